The summed E-state index contributed by atoms with van der Waals surface area (Å²) in [4.78, 5) is 10.3. The topological polar surface area (TPSA) is 117 Å². The average molecular weight is 452 g/mol. The molecule has 0 aliphatic carbocycles. The number of hydrazine groups is 1. The van der Waals surface area contributed by atoms with Gasteiger partial charge < -0.3 is 5.32 Å². The molecule has 3 N–H and O–H groups in total. The zero-order valence-corrected chi connectivity index (χ0v) is 18.9. The van der Waals surface area contributed by atoms with Gasteiger partial charge in [0.25, 0.3) is 5.69 Å². The highest BCUT2D eigenvalue weighted by Crippen LogP contribution is 2.28. The first-order valence-corrected chi connectivity index (χ1v) is 11.1. The number of thiocarbonyl (C=S) groups is 1. The SMILES string of the molecule is CCN(CC)S(=O)(=O)c1cc([N+](=O)[O-])ccc1NNC(=S)Nc1ccc(C)c(C)c1. The quantitative estimate of drug-likeness (QED) is 0.317. The van der Waals surface area contributed by atoms with E-state index in [-0.39, 0.29) is 34.5 Å². The smallest absolute Gasteiger partial charge is 0.270 e. The molecule has 0 aliphatic rings. The van der Waals surface area contributed by atoms with E-state index in [1.807, 2.05) is 32.0 Å². The Morgan fingerprint density at radius 1 is 1.10 bits per heavy atom. The van der Waals surface area contributed by atoms with Crippen molar-refractivity contribution < 1.29 is 13.3 Å². The summed E-state index contributed by atoms with van der Waals surface area (Å²) < 4.78 is 27.2. The van der Waals surface area contributed by atoms with Gasteiger partial charge in [-0.15, -0.1) is 0 Å². The number of nitrogens with zero attached hydrogens (tertiary/aromatic N) is 2. The van der Waals surface area contributed by atoms with E-state index in [4.69, 9.17) is 12.2 Å². The molecule has 0 radical (unpaired) electrons. The van der Waals surface area contributed by atoms with E-state index in [0.717, 1.165) is 22.9 Å². The summed E-state index contributed by atoms with van der Waals surface area (Å²) in [6.07, 6.45) is 0. The largest absolute Gasteiger partial charge is 0.331 e. The van der Waals surface area contributed by atoms with Crippen molar-refractivity contribution in [1.29, 1.82) is 0 Å². The zero-order valence-electron chi connectivity index (χ0n) is 17.2. The van der Waals surface area contributed by atoms with E-state index in [2.05, 4.69) is 16.2 Å². The van der Waals surface area contributed by atoms with E-state index < -0.39 is 14.9 Å². The lowest BCUT2D eigenvalue weighted by molar-refractivity contribution is -0.385. The predicted molar refractivity (Wildman–Crippen MR) is 122 cm³/mol. The number of nitrogens with one attached hydrogen (secondary N) is 3. The van der Waals surface area contributed by atoms with Crippen LogP contribution in [0.25, 0.3) is 0 Å². The number of benzene rings is 2. The molecule has 0 spiro atoms. The molecule has 0 saturated carbocycles. The third kappa shape index (κ3) is 5.43. The molecule has 11 heteroatoms. The molecule has 0 unspecified atom stereocenters. The number of aryl methyl sites for hydroxylation is 2. The maximum atomic E-state index is 13.0. The van der Waals surface area contributed by atoms with Gasteiger partial charge in [0.2, 0.25) is 10.0 Å². The molecular formula is C19H25N5O4S2. The number of nitro benzene ring substituents is 1. The van der Waals surface area contributed by atoms with E-state index >= 15 is 0 Å². The van der Waals surface area contributed by atoms with Crippen LogP contribution >= 0.6 is 12.2 Å². The van der Waals surface area contributed by atoms with Crippen LogP contribution in [0.5, 0.6) is 0 Å². The van der Waals surface area contributed by atoms with Gasteiger partial charge in [0.1, 0.15) is 4.90 Å². The van der Waals surface area contributed by atoms with Crippen LogP contribution in [0.15, 0.2) is 41.3 Å². The Morgan fingerprint density at radius 3 is 2.33 bits per heavy atom. The molecule has 2 aromatic carbocycles. The van der Waals surface area contributed by atoms with E-state index in [0.29, 0.717) is 0 Å². The van der Waals surface area contributed by atoms with Crippen molar-refractivity contribution in [3.8, 4) is 0 Å². The normalized spacial score (nSPS) is 11.2. The lowest BCUT2D eigenvalue weighted by Crippen LogP contribution is -2.35. The Bertz CT molecular complexity index is 1050. The van der Waals surface area contributed by atoms with Crippen LogP contribution in [0.3, 0.4) is 0 Å². The van der Waals surface area contributed by atoms with Gasteiger partial charge in [0.15, 0.2) is 5.11 Å². The first-order chi connectivity index (χ1) is 14.1. The fraction of sp³-hybridized carbons (Fsp3) is 0.316. The molecule has 0 fully saturated rings. The van der Waals surface area contributed by atoms with Crippen LogP contribution in [0, 0.1) is 24.0 Å². The first kappa shape index (κ1) is 23.5. The number of rotatable bonds is 8. The molecule has 9 nitrogen and oxygen atoms in total. The average Bonchev–Trinajstić information content (AvgIpc) is 2.69. The summed E-state index contributed by atoms with van der Waals surface area (Å²) in [6.45, 7) is 7.86. The van der Waals surface area contributed by atoms with Gasteiger partial charge in [-0.25, -0.2) is 8.42 Å². The summed E-state index contributed by atoms with van der Waals surface area (Å²) in [5.74, 6) is 0. The molecule has 0 aromatic heterocycles. The van der Waals surface area contributed by atoms with Gasteiger partial charge in [-0.05, 0) is 55.4 Å². The molecule has 0 bridgehead atoms. The Labute approximate surface area is 181 Å². The first-order valence-electron chi connectivity index (χ1n) is 9.29. The number of nitro groups is 1. The van der Waals surface area contributed by atoms with Gasteiger partial charge in [-0.1, -0.05) is 19.9 Å². The van der Waals surface area contributed by atoms with Crippen molar-refractivity contribution in [2.75, 3.05) is 23.8 Å². The molecule has 0 amide bonds. The van der Waals surface area contributed by atoms with Crippen molar-refractivity contribution in [2.45, 2.75) is 32.6 Å². The second kappa shape index (κ2) is 9.83. The number of hydrogen-bond donors (Lipinski definition) is 3. The monoisotopic (exact) mass is 451 g/mol. The molecule has 0 saturated heterocycles. The molecule has 2 aromatic rings. The molecule has 0 heterocycles. The Balaban J connectivity index is 2.27. The van der Waals surface area contributed by atoms with Crippen molar-refractivity contribution in [1.82, 2.24) is 9.73 Å². The minimum Gasteiger partial charge on any atom is -0.331 e. The zero-order chi connectivity index (χ0) is 22.5. The predicted octanol–water partition coefficient (Wildman–Crippen LogP) is 3.56. The van der Waals surface area contributed by atoms with E-state index in [1.165, 1.54) is 16.4 Å². The van der Waals surface area contributed by atoms with Gasteiger partial charge in [0, 0.05) is 30.9 Å². The van der Waals surface area contributed by atoms with Crippen LogP contribution in [0.2, 0.25) is 0 Å². The van der Waals surface area contributed by atoms with E-state index in [1.54, 1.807) is 13.8 Å². The number of hydrogen-bond acceptors (Lipinski definition) is 6. The van der Waals surface area contributed by atoms with Crippen LogP contribution in [0.1, 0.15) is 25.0 Å². The molecule has 30 heavy (non-hydrogen) atoms. The number of sulfonamides is 1. The molecule has 162 valence electrons. The summed E-state index contributed by atoms with van der Waals surface area (Å²) in [7, 11) is -3.94. The lowest BCUT2D eigenvalue weighted by Gasteiger charge is -2.21. The highest BCUT2D eigenvalue weighted by atomic mass is 32.2. The van der Waals surface area contributed by atoms with Gasteiger partial charge in [-0.2, -0.15) is 4.31 Å². The third-order valence-electron chi connectivity index (χ3n) is 4.57. The van der Waals surface area contributed by atoms with Gasteiger partial charge >= 0.3 is 0 Å². The van der Waals surface area contributed by atoms with Crippen molar-refractivity contribution in [3.05, 3.63) is 57.6 Å². The van der Waals surface area contributed by atoms with Crippen molar-refractivity contribution >= 4 is 44.4 Å². The molecule has 0 atom stereocenters. The fourth-order valence-electron chi connectivity index (χ4n) is 2.75. The highest BCUT2D eigenvalue weighted by Gasteiger charge is 2.27. The summed E-state index contributed by atoms with van der Waals surface area (Å²) in [5.41, 5.74) is 8.34. The summed E-state index contributed by atoms with van der Waals surface area (Å²) >= 11 is 5.26. The third-order valence-corrected chi connectivity index (χ3v) is 6.87. The maximum absolute atomic E-state index is 13.0. The van der Waals surface area contributed by atoms with Crippen molar-refractivity contribution in [2.24, 2.45) is 0 Å². The minimum atomic E-state index is -3.94. The van der Waals surface area contributed by atoms with Crippen LogP contribution in [-0.4, -0.2) is 35.8 Å². The number of anilines is 2. The summed E-state index contributed by atoms with van der Waals surface area (Å²) in [6, 6.07) is 9.37. The minimum absolute atomic E-state index is 0.150. The molecular weight excluding hydrogens is 426 g/mol. The second-order valence-electron chi connectivity index (χ2n) is 6.53. The number of non-ortho nitro benzene ring substituents is 1. The Morgan fingerprint density at radius 2 is 1.77 bits per heavy atom. The van der Waals surface area contributed by atoms with Crippen LogP contribution < -0.4 is 16.2 Å². The highest BCUT2D eigenvalue weighted by molar-refractivity contribution is 7.89. The van der Waals surface area contributed by atoms with Crippen LogP contribution in [-0.2, 0) is 10.0 Å². The van der Waals surface area contributed by atoms with Crippen LogP contribution in [0.4, 0.5) is 17.1 Å². The second-order valence-corrected chi connectivity index (χ2v) is 8.84. The Hall–Kier alpha value is -2.76. The summed E-state index contributed by atoms with van der Waals surface area (Å²) in [5, 5.41) is 14.4. The maximum Gasteiger partial charge on any atom is 0.270 e. The van der Waals surface area contributed by atoms with E-state index in [9.17, 15) is 18.5 Å². The van der Waals surface area contributed by atoms with Gasteiger partial charge in [0.05, 0.1) is 10.6 Å². The molecule has 2 rings (SSSR count). The van der Waals surface area contributed by atoms with Gasteiger partial charge in [-0.3, -0.25) is 21.0 Å². The van der Waals surface area contributed by atoms with Crippen molar-refractivity contribution in [3.63, 3.8) is 0 Å². The fourth-order valence-corrected chi connectivity index (χ4v) is 4.54. The lowest BCUT2D eigenvalue weighted by atomic mass is 10.1. The standard InChI is InChI=1S/C19H25N5O4S2/c1-5-23(6-2)30(27,28)18-12-16(24(25)26)9-10-17(18)21-22-19(29)20-15-8-7-13(3)14(4)11-15/h7-12,21H,5-6H2,1-4H3,(H2,20,22,29). The molecule has 0 aliphatic heterocycles. The Kier molecular flexibility index (Phi) is 7.71.